The molecule has 1 saturated heterocycles. The third kappa shape index (κ3) is 3.17. The molecule has 0 aliphatic carbocycles. The maximum absolute atomic E-state index is 12.0. The molecule has 1 fully saturated rings. The van der Waals surface area contributed by atoms with Gasteiger partial charge in [0.2, 0.25) is 5.91 Å². The van der Waals surface area contributed by atoms with Gasteiger partial charge < -0.3 is 10.6 Å². The third-order valence-corrected chi connectivity index (χ3v) is 4.27. The molecule has 0 spiro atoms. The van der Waals surface area contributed by atoms with Gasteiger partial charge in [0.05, 0.1) is 6.54 Å². The maximum atomic E-state index is 12.0. The van der Waals surface area contributed by atoms with Crippen LogP contribution in [0.25, 0.3) is 0 Å². The number of amides is 1. The summed E-state index contributed by atoms with van der Waals surface area (Å²) in [5.74, 6) is 2.73. The Morgan fingerprint density at radius 3 is 3.20 bits per heavy atom. The topological polar surface area (TPSA) is 71.8 Å². The number of nitrogens with zero attached hydrogens (tertiary/aromatic N) is 3. The Morgan fingerprint density at radius 1 is 1.50 bits per heavy atom. The van der Waals surface area contributed by atoms with Crippen LogP contribution in [-0.4, -0.2) is 39.8 Å². The van der Waals surface area contributed by atoms with Gasteiger partial charge in [-0.3, -0.25) is 4.79 Å². The molecule has 2 aliphatic heterocycles. The molecule has 1 amide bonds. The Balaban J connectivity index is 1.45. The number of carbonyl (C=O) groups excluding carboxylic acids is 1. The number of carbonyl (C=O) groups is 1. The number of nitrogens with one attached hydrogen (secondary N) is 2. The molecule has 2 atom stereocenters. The molecule has 3 heterocycles. The first-order chi connectivity index (χ1) is 9.70. The van der Waals surface area contributed by atoms with Gasteiger partial charge in [-0.1, -0.05) is 0 Å². The molecule has 6 nitrogen and oxygen atoms in total. The number of aryl methyl sites for hydroxylation is 2. The molecule has 20 heavy (non-hydrogen) atoms. The minimum atomic E-state index is 0.183. The zero-order chi connectivity index (χ0) is 13.9. The molecule has 0 bridgehead atoms. The zero-order valence-electron chi connectivity index (χ0n) is 12.1. The van der Waals surface area contributed by atoms with Crippen LogP contribution in [0.2, 0.25) is 0 Å². The van der Waals surface area contributed by atoms with Crippen LogP contribution >= 0.6 is 0 Å². The van der Waals surface area contributed by atoms with Crippen LogP contribution in [0, 0.1) is 12.8 Å². The Kier molecular flexibility index (Phi) is 4.00. The van der Waals surface area contributed by atoms with E-state index in [2.05, 4.69) is 20.7 Å². The lowest BCUT2D eigenvalue weighted by Gasteiger charge is -2.23. The molecular weight excluding hydrogens is 254 g/mol. The van der Waals surface area contributed by atoms with Crippen LogP contribution in [0.3, 0.4) is 0 Å². The summed E-state index contributed by atoms with van der Waals surface area (Å²) in [6.45, 7) is 4.84. The average Bonchev–Trinajstić information content (AvgIpc) is 3.04. The highest BCUT2D eigenvalue weighted by atomic mass is 16.1. The van der Waals surface area contributed by atoms with Gasteiger partial charge >= 0.3 is 0 Å². The van der Waals surface area contributed by atoms with Gasteiger partial charge in [-0.25, -0.2) is 9.67 Å². The lowest BCUT2D eigenvalue weighted by Crippen LogP contribution is -2.41. The molecule has 3 rings (SSSR count). The first-order valence-electron chi connectivity index (χ1n) is 7.61. The maximum Gasteiger partial charge on any atom is 0.220 e. The Hall–Kier alpha value is -1.43. The summed E-state index contributed by atoms with van der Waals surface area (Å²) in [6.07, 6.45) is 4.72. The summed E-state index contributed by atoms with van der Waals surface area (Å²) in [6, 6.07) is 0.206. The lowest BCUT2D eigenvalue weighted by molar-refractivity contribution is -0.122. The molecule has 2 N–H and O–H groups in total. The Labute approximate surface area is 119 Å². The van der Waals surface area contributed by atoms with E-state index in [-0.39, 0.29) is 11.9 Å². The number of hydrogen-bond donors (Lipinski definition) is 2. The number of fused-ring (bicyclic) bond motifs is 1. The van der Waals surface area contributed by atoms with Gasteiger partial charge in [-0.2, -0.15) is 5.10 Å². The predicted molar refractivity (Wildman–Crippen MR) is 75.2 cm³/mol. The van der Waals surface area contributed by atoms with Gasteiger partial charge in [-0.15, -0.1) is 0 Å². The van der Waals surface area contributed by atoms with Crippen LogP contribution in [0.4, 0.5) is 0 Å². The van der Waals surface area contributed by atoms with Crippen molar-refractivity contribution in [3.8, 4) is 0 Å². The summed E-state index contributed by atoms with van der Waals surface area (Å²) >= 11 is 0. The van der Waals surface area contributed by atoms with Gasteiger partial charge in [0.1, 0.15) is 11.6 Å². The molecule has 0 radical (unpaired) electrons. The monoisotopic (exact) mass is 277 g/mol. The van der Waals surface area contributed by atoms with E-state index < -0.39 is 0 Å². The standard InChI is InChI=1S/C14H23N5O/c1-10-16-13-4-3-12(9-19(13)18-10)17-14(20)5-2-11-6-7-15-8-11/h11-12,15H,2-9H2,1H3,(H,17,20). The van der Waals surface area contributed by atoms with Crippen LogP contribution in [0.15, 0.2) is 0 Å². The van der Waals surface area contributed by atoms with Crippen LogP contribution in [-0.2, 0) is 17.8 Å². The molecule has 0 saturated carbocycles. The minimum absolute atomic E-state index is 0.183. The molecule has 2 aliphatic rings. The second-order valence-electron chi connectivity index (χ2n) is 5.96. The van der Waals surface area contributed by atoms with Gasteiger partial charge in [0, 0.05) is 18.9 Å². The number of hydrogen-bond acceptors (Lipinski definition) is 4. The first kappa shape index (κ1) is 13.5. The average molecular weight is 277 g/mol. The normalized spacial score (nSPS) is 25.4. The minimum Gasteiger partial charge on any atom is -0.351 e. The molecule has 0 aromatic carbocycles. The van der Waals surface area contributed by atoms with Crippen molar-refractivity contribution >= 4 is 5.91 Å². The zero-order valence-corrected chi connectivity index (χ0v) is 12.1. The fraction of sp³-hybridized carbons (Fsp3) is 0.786. The van der Waals surface area contributed by atoms with E-state index in [1.165, 1.54) is 6.42 Å². The second kappa shape index (κ2) is 5.91. The molecule has 110 valence electrons. The lowest BCUT2D eigenvalue weighted by atomic mass is 10.0. The van der Waals surface area contributed by atoms with Crippen molar-refractivity contribution in [3.05, 3.63) is 11.6 Å². The quantitative estimate of drug-likeness (QED) is 0.836. The van der Waals surface area contributed by atoms with Crippen molar-refractivity contribution in [2.45, 2.75) is 51.6 Å². The summed E-state index contributed by atoms with van der Waals surface area (Å²) in [7, 11) is 0. The van der Waals surface area contributed by atoms with Crippen LogP contribution in [0.5, 0.6) is 0 Å². The predicted octanol–water partition coefficient (Wildman–Crippen LogP) is 0.407. The highest BCUT2D eigenvalue weighted by molar-refractivity contribution is 5.76. The van der Waals surface area contributed by atoms with E-state index >= 15 is 0 Å². The van der Waals surface area contributed by atoms with Gasteiger partial charge in [0.25, 0.3) is 0 Å². The van der Waals surface area contributed by atoms with Gasteiger partial charge in [-0.05, 0) is 45.2 Å². The van der Waals surface area contributed by atoms with E-state index in [1.54, 1.807) is 0 Å². The van der Waals surface area contributed by atoms with Crippen LogP contribution < -0.4 is 10.6 Å². The first-order valence-corrected chi connectivity index (χ1v) is 7.61. The van der Waals surface area contributed by atoms with E-state index in [4.69, 9.17) is 0 Å². The van der Waals surface area contributed by atoms with Crippen molar-refractivity contribution < 1.29 is 4.79 Å². The molecule has 6 heteroatoms. The van der Waals surface area contributed by atoms with Gasteiger partial charge in [0.15, 0.2) is 0 Å². The van der Waals surface area contributed by atoms with Crippen molar-refractivity contribution in [3.63, 3.8) is 0 Å². The highest BCUT2D eigenvalue weighted by Crippen LogP contribution is 2.16. The fourth-order valence-corrected chi connectivity index (χ4v) is 3.15. The number of aromatic nitrogens is 3. The Bertz CT molecular complexity index is 478. The fourth-order valence-electron chi connectivity index (χ4n) is 3.15. The highest BCUT2D eigenvalue weighted by Gasteiger charge is 2.23. The molecular formula is C14H23N5O. The van der Waals surface area contributed by atoms with Crippen molar-refractivity contribution in [2.24, 2.45) is 5.92 Å². The van der Waals surface area contributed by atoms with E-state index in [0.717, 1.165) is 50.5 Å². The molecule has 2 unspecified atom stereocenters. The summed E-state index contributed by atoms with van der Waals surface area (Å²) in [5, 5.41) is 10.8. The Morgan fingerprint density at radius 2 is 2.40 bits per heavy atom. The van der Waals surface area contributed by atoms with E-state index in [9.17, 15) is 4.79 Å². The third-order valence-electron chi connectivity index (χ3n) is 4.27. The largest absolute Gasteiger partial charge is 0.351 e. The van der Waals surface area contributed by atoms with E-state index in [0.29, 0.717) is 12.3 Å². The number of rotatable bonds is 4. The van der Waals surface area contributed by atoms with Crippen molar-refractivity contribution in [1.82, 2.24) is 25.4 Å². The molecule has 1 aromatic heterocycles. The van der Waals surface area contributed by atoms with Crippen molar-refractivity contribution in [1.29, 1.82) is 0 Å². The van der Waals surface area contributed by atoms with Crippen LogP contribution in [0.1, 0.15) is 37.3 Å². The summed E-state index contributed by atoms with van der Waals surface area (Å²) < 4.78 is 1.94. The summed E-state index contributed by atoms with van der Waals surface area (Å²) in [4.78, 5) is 16.4. The summed E-state index contributed by atoms with van der Waals surface area (Å²) in [5.41, 5.74) is 0. The van der Waals surface area contributed by atoms with E-state index in [1.807, 2.05) is 11.6 Å². The molecule has 1 aromatic rings. The smallest absolute Gasteiger partial charge is 0.220 e. The SMILES string of the molecule is Cc1nc2n(n1)CC(NC(=O)CCC1CCNC1)CC2. The van der Waals surface area contributed by atoms with Crippen molar-refractivity contribution in [2.75, 3.05) is 13.1 Å². The second-order valence-corrected chi connectivity index (χ2v) is 5.96.